The number of carbonyl (C=O) groups is 1. The molecule has 4 nitrogen and oxygen atoms in total. The van der Waals surface area contributed by atoms with E-state index in [1.54, 1.807) is 0 Å². The van der Waals surface area contributed by atoms with Gasteiger partial charge in [-0.15, -0.1) is 11.8 Å². The molecule has 0 bridgehead atoms. The Bertz CT molecular complexity index is 1110. The van der Waals surface area contributed by atoms with E-state index in [1.807, 2.05) is 60.7 Å². The van der Waals surface area contributed by atoms with E-state index in [9.17, 15) is 31.9 Å². The van der Waals surface area contributed by atoms with Crippen LogP contribution >= 0.6 is 11.8 Å². The maximum Gasteiger partial charge on any atom is 0.229 e. The first-order valence-corrected chi connectivity index (χ1v) is 11.3. The molecule has 0 aromatic heterocycles. The molecule has 4 rings (SSSR count). The number of thioether (sulfide) groups is 1. The highest BCUT2D eigenvalue weighted by Gasteiger charge is 2.42. The van der Waals surface area contributed by atoms with Gasteiger partial charge in [0.1, 0.15) is 11.7 Å². The molecule has 0 aliphatic carbocycles. The molecule has 10 heteroatoms. The highest BCUT2D eigenvalue weighted by molar-refractivity contribution is 7.99. The summed E-state index contributed by atoms with van der Waals surface area (Å²) >= 11 is 0.676. The molecular formula is C24H19F5N2O2S. The molecule has 178 valence electrons. The van der Waals surface area contributed by atoms with E-state index in [1.165, 1.54) is 0 Å². The Hall–Kier alpha value is -2.95. The van der Waals surface area contributed by atoms with Crippen molar-refractivity contribution in [1.29, 1.82) is 0 Å². The van der Waals surface area contributed by atoms with Gasteiger partial charge < -0.3 is 10.4 Å². The molecule has 3 atom stereocenters. The second-order valence-electron chi connectivity index (χ2n) is 7.68. The molecule has 1 aliphatic heterocycles. The molecule has 0 saturated carbocycles. The lowest BCUT2D eigenvalue weighted by molar-refractivity contribution is -0.134. The third kappa shape index (κ3) is 4.66. The minimum absolute atomic E-state index is 0.508. The number of rotatable bonds is 6. The van der Waals surface area contributed by atoms with Crippen LogP contribution in [0.15, 0.2) is 60.7 Å². The summed E-state index contributed by atoms with van der Waals surface area (Å²) in [5, 5.41) is 16.2. The van der Waals surface area contributed by atoms with Crippen molar-refractivity contribution in [2.75, 3.05) is 0 Å². The molecular weight excluding hydrogens is 475 g/mol. The lowest BCUT2D eigenvalue weighted by atomic mass is 9.78. The third-order valence-corrected chi connectivity index (χ3v) is 6.65. The Kier molecular flexibility index (Phi) is 7.20. The molecule has 0 radical (unpaired) electrons. The van der Waals surface area contributed by atoms with E-state index in [2.05, 4.69) is 10.6 Å². The zero-order valence-corrected chi connectivity index (χ0v) is 18.3. The van der Waals surface area contributed by atoms with Crippen LogP contribution in [0.3, 0.4) is 0 Å². The van der Waals surface area contributed by atoms with Crippen molar-refractivity contribution in [2.24, 2.45) is 5.92 Å². The van der Waals surface area contributed by atoms with Crippen molar-refractivity contribution in [1.82, 2.24) is 10.6 Å². The Morgan fingerprint density at radius 3 is 1.74 bits per heavy atom. The first-order valence-electron chi connectivity index (χ1n) is 10.3. The van der Waals surface area contributed by atoms with Crippen LogP contribution < -0.4 is 10.6 Å². The lowest BCUT2D eigenvalue weighted by Crippen LogP contribution is -2.61. The summed E-state index contributed by atoms with van der Waals surface area (Å²) < 4.78 is 68.1. The number of carbonyl (C=O) groups excluding carboxylic acids is 1. The van der Waals surface area contributed by atoms with Gasteiger partial charge in [-0.25, -0.2) is 22.0 Å². The molecule has 1 amide bonds. The first-order chi connectivity index (χ1) is 16.3. The standard InChI is InChI=1S/C24H19F5N2O2S/c25-17-14(18(26)20(28)21(29)19(17)27)11-34-24-30-22(32)16(23(33)31-24)15(12-7-3-1-4-8-12)13-9-5-2-6-10-13/h1-10,15-16,22,24,30,32H,11H2,(H,31,33). The Balaban J connectivity index is 1.54. The molecule has 3 unspecified atom stereocenters. The van der Waals surface area contributed by atoms with Crippen molar-refractivity contribution in [2.45, 2.75) is 23.4 Å². The second kappa shape index (κ2) is 10.1. The van der Waals surface area contributed by atoms with Crippen molar-refractivity contribution < 1.29 is 31.9 Å². The van der Waals surface area contributed by atoms with Crippen LogP contribution in [0.5, 0.6) is 0 Å². The average Bonchev–Trinajstić information content (AvgIpc) is 2.85. The predicted octanol–water partition coefficient (Wildman–Crippen LogP) is 4.39. The fourth-order valence-corrected chi connectivity index (χ4v) is 4.99. The summed E-state index contributed by atoms with van der Waals surface area (Å²) in [5.74, 6) is -12.8. The van der Waals surface area contributed by atoms with E-state index in [0.717, 1.165) is 11.1 Å². The number of nitrogens with one attached hydrogen (secondary N) is 2. The molecule has 0 spiro atoms. The summed E-state index contributed by atoms with van der Waals surface area (Å²) in [6, 6.07) is 18.2. The lowest BCUT2D eigenvalue weighted by Gasteiger charge is -2.38. The SMILES string of the molecule is O=C1NC(SCc2c(F)c(F)c(F)c(F)c2F)NC(O)C1C(c1ccccc1)c1ccccc1. The van der Waals surface area contributed by atoms with Gasteiger partial charge in [0.05, 0.1) is 5.92 Å². The van der Waals surface area contributed by atoms with Gasteiger partial charge in [0.15, 0.2) is 23.3 Å². The van der Waals surface area contributed by atoms with Gasteiger partial charge in [-0.3, -0.25) is 10.1 Å². The maximum absolute atomic E-state index is 14.0. The van der Waals surface area contributed by atoms with Gasteiger partial charge in [0, 0.05) is 17.2 Å². The second-order valence-corrected chi connectivity index (χ2v) is 8.78. The molecule has 3 aromatic rings. The molecule has 1 aliphatic rings. The molecule has 34 heavy (non-hydrogen) atoms. The number of halogens is 5. The largest absolute Gasteiger partial charge is 0.378 e. The van der Waals surface area contributed by atoms with Crippen LogP contribution in [0.4, 0.5) is 22.0 Å². The van der Waals surface area contributed by atoms with Gasteiger partial charge in [-0.2, -0.15) is 0 Å². The summed E-state index contributed by atoms with van der Waals surface area (Å²) in [4.78, 5) is 13.1. The zero-order valence-electron chi connectivity index (χ0n) is 17.4. The number of aliphatic hydroxyl groups excluding tert-OH is 1. The molecule has 3 N–H and O–H groups in total. The van der Waals surface area contributed by atoms with Crippen LogP contribution in [-0.4, -0.2) is 22.7 Å². The topological polar surface area (TPSA) is 61.4 Å². The molecule has 3 aromatic carbocycles. The monoisotopic (exact) mass is 494 g/mol. The highest BCUT2D eigenvalue weighted by atomic mass is 32.2. The number of aliphatic hydroxyl groups is 1. The van der Waals surface area contributed by atoms with E-state index >= 15 is 0 Å². The van der Waals surface area contributed by atoms with Crippen molar-refractivity contribution in [3.05, 3.63) is 106 Å². The number of hydrogen-bond acceptors (Lipinski definition) is 4. The number of hydrogen-bond donors (Lipinski definition) is 3. The van der Waals surface area contributed by atoms with Crippen LogP contribution in [-0.2, 0) is 10.5 Å². The van der Waals surface area contributed by atoms with Crippen molar-refractivity contribution >= 4 is 17.7 Å². The highest BCUT2D eigenvalue weighted by Crippen LogP contribution is 2.36. The van der Waals surface area contributed by atoms with E-state index in [4.69, 9.17) is 0 Å². The van der Waals surface area contributed by atoms with E-state index < -0.39 is 69.9 Å². The summed E-state index contributed by atoms with van der Waals surface area (Å²) in [7, 11) is 0. The summed E-state index contributed by atoms with van der Waals surface area (Å²) in [6.45, 7) is 0. The van der Waals surface area contributed by atoms with Crippen LogP contribution in [0.1, 0.15) is 22.6 Å². The molecule has 1 heterocycles. The Labute approximate surface area is 196 Å². The van der Waals surface area contributed by atoms with E-state index in [-0.39, 0.29) is 0 Å². The Morgan fingerprint density at radius 2 is 1.26 bits per heavy atom. The molecule has 1 fully saturated rings. The summed E-state index contributed by atoms with van der Waals surface area (Å²) in [5.41, 5.74) is -0.453. The normalized spacial score (nSPS) is 20.4. The van der Waals surface area contributed by atoms with Gasteiger partial charge in [-0.05, 0) is 11.1 Å². The fraction of sp³-hybridized carbons (Fsp3) is 0.208. The van der Waals surface area contributed by atoms with Crippen LogP contribution in [0.2, 0.25) is 0 Å². The minimum Gasteiger partial charge on any atom is -0.378 e. The third-order valence-electron chi connectivity index (χ3n) is 5.61. The predicted molar refractivity (Wildman–Crippen MR) is 117 cm³/mol. The molecule has 1 saturated heterocycles. The quantitative estimate of drug-likeness (QED) is 0.270. The zero-order chi connectivity index (χ0) is 24.4. The van der Waals surface area contributed by atoms with Gasteiger partial charge in [0.25, 0.3) is 0 Å². The Morgan fingerprint density at radius 1 is 0.794 bits per heavy atom. The van der Waals surface area contributed by atoms with Crippen LogP contribution in [0, 0.1) is 35.0 Å². The first kappa shape index (κ1) is 24.2. The van der Waals surface area contributed by atoms with Crippen molar-refractivity contribution in [3.8, 4) is 0 Å². The summed E-state index contributed by atoms with van der Waals surface area (Å²) in [6.07, 6.45) is -1.35. The average molecular weight is 494 g/mol. The number of benzene rings is 3. The van der Waals surface area contributed by atoms with E-state index in [0.29, 0.717) is 11.8 Å². The number of amides is 1. The van der Waals surface area contributed by atoms with Crippen LogP contribution in [0.25, 0.3) is 0 Å². The maximum atomic E-state index is 14.0. The van der Waals surface area contributed by atoms with Gasteiger partial charge in [-0.1, -0.05) is 60.7 Å². The fourth-order valence-electron chi connectivity index (χ4n) is 3.96. The minimum atomic E-state index is -2.24. The van der Waals surface area contributed by atoms with Gasteiger partial charge in [0.2, 0.25) is 11.7 Å². The van der Waals surface area contributed by atoms with Crippen molar-refractivity contribution in [3.63, 3.8) is 0 Å². The smallest absolute Gasteiger partial charge is 0.229 e. The van der Waals surface area contributed by atoms with Gasteiger partial charge >= 0.3 is 0 Å².